The fraction of sp³-hybridized carbons (Fsp3) is 0.167. The van der Waals surface area contributed by atoms with Crippen molar-refractivity contribution in [3.63, 3.8) is 0 Å². The van der Waals surface area contributed by atoms with Gasteiger partial charge in [0.05, 0.1) is 26.1 Å². The maximum absolute atomic E-state index is 13.4. The van der Waals surface area contributed by atoms with Gasteiger partial charge >= 0.3 is 0 Å². The average Bonchev–Trinajstić information content (AvgIpc) is 2.63. The van der Waals surface area contributed by atoms with Crippen molar-refractivity contribution >= 4 is 23.7 Å². The van der Waals surface area contributed by atoms with E-state index in [4.69, 9.17) is 9.47 Å². The molecule has 0 aliphatic heterocycles. The van der Waals surface area contributed by atoms with Crippen LogP contribution in [0.4, 0.5) is 10.1 Å². The summed E-state index contributed by atoms with van der Waals surface area (Å²) in [5, 5.41) is 6.10. The number of hydrazone groups is 1. The fourth-order valence-corrected chi connectivity index (χ4v) is 2.04. The van der Waals surface area contributed by atoms with Crippen molar-refractivity contribution in [1.29, 1.82) is 0 Å². The SMILES string of the molecule is COc1ccc(C=NNC(=O)CC(=O)Nc2ccccc2F)c(OC)c1. The molecule has 0 spiro atoms. The summed E-state index contributed by atoms with van der Waals surface area (Å²) in [5.74, 6) is -0.731. The molecular weight excluding hydrogens is 341 g/mol. The zero-order valence-electron chi connectivity index (χ0n) is 14.3. The molecule has 2 aromatic carbocycles. The Morgan fingerprint density at radius 1 is 1.12 bits per heavy atom. The largest absolute Gasteiger partial charge is 0.497 e. The Bertz CT molecular complexity index is 824. The predicted octanol–water partition coefficient (Wildman–Crippen LogP) is 2.32. The van der Waals surface area contributed by atoms with Crippen molar-refractivity contribution in [1.82, 2.24) is 5.43 Å². The first-order valence-corrected chi connectivity index (χ1v) is 7.61. The minimum atomic E-state index is -0.648. The number of ether oxygens (including phenoxy) is 2. The summed E-state index contributed by atoms with van der Waals surface area (Å²) in [7, 11) is 3.03. The minimum Gasteiger partial charge on any atom is -0.497 e. The number of nitrogens with zero attached hydrogens (tertiary/aromatic N) is 1. The van der Waals surface area contributed by atoms with Crippen molar-refractivity contribution in [2.75, 3.05) is 19.5 Å². The van der Waals surface area contributed by atoms with Gasteiger partial charge < -0.3 is 14.8 Å². The van der Waals surface area contributed by atoms with E-state index in [2.05, 4.69) is 15.8 Å². The lowest BCUT2D eigenvalue weighted by Gasteiger charge is -2.07. The van der Waals surface area contributed by atoms with Crippen molar-refractivity contribution in [2.45, 2.75) is 6.42 Å². The number of hydrogen-bond acceptors (Lipinski definition) is 5. The van der Waals surface area contributed by atoms with Gasteiger partial charge in [-0.1, -0.05) is 12.1 Å². The smallest absolute Gasteiger partial charge is 0.249 e. The topological polar surface area (TPSA) is 89.0 Å². The second-order valence-corrected chi connectivity index (χ2v) is 5.11. The maximum Gasteiger partial charge on any atom is 0.249 e. The lowest BCUT2D eigenvalue weighted by atomic mass is 10.2. The van der Waals surface area contributed by atoms with Crippen LogP contribution in [0, 0.1) is 5.82 Å². The van der Waals surface area contributed by atoms with E-state index in [1.165, 1.54) is 38.6 Å². The number of nitrogens with one attached hydrogen (secondary N) is 2. The highest BCUT2D eigenvalue weighted by molar-refractivity contribution is 6.03. The van der Waals surface area contributed by atoms with Crippen LogP contribution in [0.3, 0.4) is 0 Å². The lowest BCUT2D eigenvalue weighted by molar-refractivity contribution is -0.126. The van der Waals surface area contributed by atoms with Crippen LogP contribution in [0.1, 0.15) is 12.0 Å². The molecule has 0 saturated carbocycles. The summed E-state index contributed by atoms with van der Waals surface area (Å²) in [6, 6.07) is 10.8. The number of anilines is 1. The monoisotopic (exact) mass is 359 g/mol. The van der Waals surface area contributed by atoms with Crippen molar-refractivity contribution in [2.24, 2.45) is 5.10 Å². The number of carbonyl (C=O) groups is 2. The number of halogens is 1. The van der Waals surface area contributed by atoms with Crippen LogP contribution in [-0.2, 0) is 9.59 Å². The Hall–Kier alpha value is -3.42. The Morgan fingerprint density at radius 2 is 1.88 bits per heavy atom. The molecule has 0 unspecified atom stereocenters. The number of benzene rings is 2. The molecule has 0 heterocycles. The molecule has 0 fully saturated rings. The van der Waals surface area contributed by atoms with Gasteiger partial charge in [0.1, 0.15) is 23.7 Å². The first-order chi connectivity index (χ1) is 12.5. The van der Waals surface area contributed by atoms with Gasteiger partial charge in [-0.15, -0.1) is 0 Å². The van der Waals surface area contributed by atoms with Gasteiger partial charge in [0.25, 0.3) is 0 Å². The molecule has 26 heavy (non-hydrogen) atoms. The van der Waals surface area contributed by atoms with E-state index >= 15 is 0 Å². The molecule has 2 rings (SSSR count). The van der Waals surface area contributed by atoms with Crippen LogP contribution in [0.15, 0.2) is 47.6 Å². The maximum atomic E-state index is 13.4. The molecule has 136 valence electrons. The van der Waals surface area contributed by atoms with Gasteiger partial charge in [-0.05, 0) is 24.3 Å². The zero-order chi connectivity index (χ0) is 18.9. The van der Waals surface area contributed by atoms with Crippen molar-refractivity contribution in [3.8, 4) is 11.5 Å². The van der Waals surface area contributed by atoms with Gasteiger partial charge in [0.2, 0.25) is 11.8 Å². The molecule has 8 heteroatoms. The lowest BCUT2D eigenvalue weighted by Crippen LogP contribution is -2.25. The molecule has 2 aromatic rings. The number of rotatable bonds is 7. The Morgan fingerprint density at radius 3 is 2.58 bits per heavy atom. The van der Waals surface area contributed by atoms with Gasteiger partial charge in [-0.2, -0.15) is 5.10 Å². The molecule has 2 N–H and O–H groups in total. The molecule has 0 saturated heterocycles. The molecule has 0 bridgehead atoms. The molecule has 0 aromatic heterocycles. The van der Waals surface area contributed by atoms with Crippen LogP contribution in [0.2, 0.25) is 0 Å². The number of hydrogen-bond donors (Lipinski definition) is 2. The number of amides is 2. The number of carbonyl (C=O) groups excluding carboxylic acids is 2. The number of para-hydroxylation sites is 1. The summed E-state index contributed by atoms with van der Waals surface area (Å²) >= 11 is 0. The quantitative estimate of drug-likeness (QED) is 0.451. The second-order valence-electron chi connectivity index (χ2n) is 5.11. The summed E-state index contributed by atoms with van der Waals surface area (Å²) in [5.41, 5.74) is 2.86. The Balaban J connectivity index is 1.89. The third kappa shape index (κ3) is 5.30. The Labute approximate surface area is 149 Å². The van der Waals surface area contributed by atoms with E-state index in [-0.39, 0.29) is 5.69 Å². The summed E-state index contributed by atoms with van der Waals surface area (Å²) in [6.45, 7) is 0. The normalized spacial score (nSPS) is 10.4. The molecule has 0 atom stereocenters. The van der Waals surface area contributed by atoms with Gasteiger partial charge in [-0.3, -0.25) is 9.59 Å². The van der Waals surface area contributed by atoms with E-state index in [0.717, 1.165) is 0 Å². The molecule has 0 aliphatic rings. The van der Waals surface area contributed by atoms with Crippen molar-refractivity contribution < 1.29 is 23.5 Å². The van der Waals surface area contributed by atoms with Crippen LogP contribution >= 0.6 is 0 Å². The molecule has 0 radical (unpaired) electrons. The third-order valence-electron chi connectivity index (χ3n) is 3.30. The standard InChI is InChI=1S/C18H18FN3O4/c1-25-13-8-7-12(16(9-13)26-2)11-20-22-18(24)10-17(23)21-15-6-4-3-5-14(15)19/h3-9,11H,10H2,1-2H3,(H,21,23)(H,22,24). The molecule has 2 amide bonds. The van der Waals surface area contributed by atoms with E-state index in [1.54, 1.807) is 24.3 Å². The summed E-state index contributed by atoms with van der Waals surface area (Å²) in [6.07, 6.45) is 0.885. The highest BCUT2D eigenvalue weighted by atomic mass is 19.1. The van der Waals surface area contributed by atoms with Gasteiger partial charge in [0.15, 0.2) is 0 Å². The third-order valence-corrected chi connectivity index (χ3v) is 3.30. The Kier molecular flexibility index (Phi) is 6.67. The summed E-state index contributed by atoms with van der Waals surface area (Å²) < 4.78 is 23.7. The van der Waals surface area contributed by atoms with E-state index in [1.807, 2.05) is 0 Å². The number of methoxy groups -OCH3 is 2. The predicted molar refractivity (Wildman–Crippen MR) is 94.9 cm³/mol. The van der Waals surface area contributed by atoms with Gasteiger partial charge in [-0.25, -0.2) is 9.82 Å². The van der Waals surface area contributed by atoms with Crippen LogP contribution < -0.4 is 20.2 Å². The zero-order valence-corrected chi connectivity index (χ0v) is 14.3. The molecular formula is C18H18FN3O4. The minimum absolute atomic E-state index is 0.0109. The van der Waals surface area contributed by atoms with Crippen LogP contribution in [0.25, 0.3) is 0 Å². The first kappa shape index (κ1) is 18.9. The molecule has 0 aliphatic carbocycles. The first-order valence-electron chi connectivity index (χ1n) is 7.61. The van der Waals surface area contributed by atoms with E-state index < -0.39 is 24.1 Å². The van der Waals surface area contributed by atoms with E-state index in [0.29, 0.717) is 17.1 Å². The van der Waals surface area contributed by atoms with Crippen LogP contribution in [0.5, 0.6) is 11.5 Å². The fourth-order valence-electron chi connectivity index (χ4n) is 2.04. The summed E-state index contributed by atoms with van der Waals surface area (Å²) in [4.78, 5) is 23.5. The highest BCUT2D eigenvalue weighted by Crippen LogP contribution is 2.23. The van der Waals surface area contributed by atoms with Crippen molar-refractivity contribution in [3.05, 3.63) is 53.8 Å². The second kappa shape index (κ2) is 9.16. The van der Waals surface area contributed by atoms with Crippen LogP contribution in [-0.4, -0.2) is 32.2 Å². The average molecular weight is 359 g/mol. The highest BCUT2D eigenvalue weighted by Gasteiger charge is 2.11. The van der Waals surface area contributed by atoms with Gasteiger partial charge in [0, 0.05) is 11.6 Å². The molecule has 7 nitrogen and oxygen atoms in total. The van der Waals surface area contributed by atoms with E-state index in [9.17, 15) is 14.0 Å².